The Morgan fingerprint density at radius 1 is 1.15 bits per heavy atom. The van der Waals surface area contributed by atoms with E-state index in [0.717, 1.165) is 46.8 Å². The number of rotatable bonds is 5. The van der Waals surface area contributed by atoms with Gasteiger partial charge in [-0.25, -0.2) is 0 Å². The van der Waals surface area contributed by atoms with Crippen molar-refractivity contribution in [2.75, 3.05) is 6.61 Å². The van der Waals surface area contributed by atoms with Crippen LogP contribution in [-0.4, -0.2) is 29.1 Å². The molecule has 4 nitrogen and oxygen atoms in total. The van der Waals surface area contributed by atoms with Crippen molar-refractivity contribution in [3.63, 3.8) is 0 Å². The lowest BCUT2D eigenvalue weighted by Gasteiger charge is -2.25. The average molecular weight is 428 g/mol. The van der Waals surface area contributed by atoms with Crippen LogP contribution in [0.1, 0.15) is 47.2 Å². The molecule has 3 aliphatic rings. The fourth-order valence-electron chi connectivity index (χ4n) is 4.54. The molecule has 2 aromatic carbocycles. The monoisotopic (exact) mass is 427 g/mol. The summed E-state index contributed by atoms with van der Waals surface area (Å²) in [5, 5.41) is 0. The predicted molar refractivity (Wildman–Crippen MR) is 106 cm³/mol. The Labute approximate surface area is 167 Å². The van der Waals surface area contributed by atoms with Gasteiger partial charge in [0, 0.05) is 17.6 Å². The van der Waals surface area contributed by atoms with E-state index in [2.05, 4.69) is 15.9 Å². The summed E-state index contributed by atoms with van der Waals surface area (Å²) in [4.78, 5) is 14.9. The maximum absolute atomic E-state index is 13.0. The number of nitrogens with zero attached hydrogens (tertiary/aromatic N) is 1. The van der Waals surface area contributed by atoms with Crippen molar-refractivity contribution in [3.8, 4) is 5.75 Å². The molecule has 2 bridgehead atoms. The van der Waals surface area contributed by atoms with Crippen LogP contribution in [0.3, 0.4) is 0 Å². The number of carbonyl (C=O) groups is 1. The summed E-state index contributed by atoms with van der Waals surface area (Å²) >= 11 is 3.45. The standard InChI is InChI=1S/C22H22BrNO3/c23-17-6-4-15(5-7-17)12-24-13-16-2-1-3-19(20(16)21(24)25)26-14-22-10-8-18(27-22)9-11-22/h1-7,18H,8-14H2. The van der Waals surface area contributed by atoms with E-state index in [9.17, 15) is 4.79 Å². The van der Waals surface area contributed by atoms with Crippen molar-refractivity contribution in [3.05, 3.63) is 63.6 Å². The van der Waals surface area contributed by atoms with Crippen LogP contribution in [0.5, 0.6) is 5.75 Å². The summed E-state index contributed by atoms with van der Waals surface area (Å²) in [6.07, 6.45) is 4.82. The highest BCUT2D eigenvalue weighted by atomic mass is 79.9. The van der Waals surface area contributed by atoms with E-state index < -0.39 is 0 Å². The summed E-state index contributed by atoms with van der Waals surface area (Å²) in [6, 6.07) is 14.0. The molecular weight excluding hydrogens is 406 g/mol. The number of carbonyl (C=O) groups excluding carboxylic acids is 1. The third kappa shape index (κ3) is 3.17. The Morgan fingerprint density at radius 2 is 1.93 bits per heavy atom. The van der Waals surface area contributed by atoms with Crippen LogP contribution in [0.4, 0.5) is 0 Å². The number of fused-ring (bicyclic) bond motifs is 3. The molecule has 0 saturated carbocycles. The molecule has 0 N–H and O–H groups in total. The van der Waals surface area contributed by atoms with Gasteiger partial charge in [-0.15, -0.1) is 0 Å². The zero-order valence-electron chi connectivity index (χ0n) is 15.1. The summed E-state index contributed by atoms with van der Waals surface area (Å²) in [6.45, 7) is 1.78. The highest BCUT2D eigenvalue weighted by Gasteiger charge is 2.47. The van der Waals surface area contributed by atoms with Crippen molar-refractivity contribution in [1.82, 2.24) is 4.90 Å². The number of ether oxygens (including phenoxy) is 2. The highest BCUT2D eigenvalue weighted by molar-refractivity contribution is 9.10. The molecule has 2 aromatic rings. The third-order valence-electron chi connectivity index (χ3n) is 6.01. The SMILES string of the molecule is O=C1c2c(cccc2OCC23CCC(CC2)O3)CN1Cc1ccc(Br)cc1. The van der Waals surface area contributed by atoms with Gasteiger partial charge in [0.05, 0.1) is 11.7 Å². The fraction of sp³-hybridized carbons (Fsp3) is 0.409. The zero-order chi connectivity index (χ0) is 18.4. The van der Waals surface area contributed by atoms with Crippen molar-refractivity contribution in [1.29, 1.82) is 0 Å². The molecule has 0 aromatic heterocycles. The first-order valence-electron chi connectivity index (χ1n) is 9.58. The Kier molecular flexibility index (Phi) is 4.25. The van der Waals surface area contributed by atoms with Crippen LogP contribution >= 0.6 is 15.9 Å². The van der Waals surface area contributed by atoms with E-state index in [-0.39, 0.29) is 11.5 Å². The third-order valence-corrected chi connectivity index (χ3v) is 6.54. The molecule has 0 aliphatic carbocycles. The van der Waals surface area contributed by atoms with Crippen molar-refractivity contribution >= 4 is 21.8 Å². The summed E-state index contributed by atoms with van der Waals surface area (Å²) in [5.41, 5.74) is 2.76. The molecule has 5 heteroatoms. The van der Waals surface area contributed by atoms with E-state index in [1.807, 2.05) is 47.4 Å². The second-order valence-corrected chi connectivity index (χ2v) is 8.78. The van der Waals surface area contributed by atoms with Gasteiger partial charge in [0.15, 0.2) is 0 Å². The first-order valence-corrected chi connectivity index (χ1v) is 10.4. The number of amides is 1. The second kappa shape index (κ2) is 6.64. The molecule has 0 atom stereocenters. The largest absolute Gasteiger partial charge is 0.490 e. The molecule has 0 radical (unpaired) electrons. The smallest absolute Gasteiger partial charge is 0.258 e. The first-order chi connectivity index (χ1) is 13.1. The minimum atomic E-state index is -0.133. The molecule has 140 valence electrons. The van der Waals surface area contributed by atoms with Crippen LogP contribution in [0.2, 0.25) is 0 Å². The molecule has 1 amide bonds. The van der Waals surface area contributed by atoms with Gasteiger partial charge in [0.25, 0.3) is 5.91 Å². The lowest BCUT2D eigenvalue weighted by molar-refractivity contribution is -0.0200. The van der Waals surface area contributed by atoms with E-state index >= 15 is 0 Å². The van der Waals surface area contributed by atoms with Gasteiger partial charge < -0.3 is 14.4 Å². The molecule has 2 saturated heterocycles. The summed E-state index contributed by atoms with van der Waals surface area (Å²) in [5.74, 6) is 0.752. The molecule has 0 spiro atoms. The normalized spacial score (nSPS) is 25.9. The second-order valence-electron chi connectivity index (χ2n) is 7.87. The van der Waals surface area contributed by atoms with E-state index in [4.69, 9.17) is 9.47 Å². The minimum absolute atomic E-state index is 0.0534. The lowest BCUT2D eigenvalue weighted by atomic mass is 9.89. The summed E-state index contributed by atoms with van der Waals surface area (Å²) < 4.78 is 13.3. The molecule has 0 unspecified atom stereocenters. The maximum atomic E-state index is 13.0. The number of benzene rings is 2. The Hall–Kier alpha value is -1.85. The molecule has 5 rings (SSSR count). The van der Waals surface area contributed by atoms with Crippen molar-refractivity contribution < 1.29 is 14.3 Å². The topological polar surface area (TPSA) is 38.8 Å². The quantitative estimate of drug-likeness (QED) is 0.694. The first kappa shape index (κ1) is 17.3. The molecule has 3 heterocycles. The van der Waals surface area contributed by atoms with E-state index in [1.54, 1.807) is 0 Å². The Morgan fingerprint density at radius 3 is 2.63 bits per heavy atom. The minimum Gasteiger partial charge on any atom is -0.490 e. The molecular formula is C22H22BrNO3. The highest BCUT2D eigenvalue weighted by Crippen LogP contribution is 2.44. The van der Waals surface area contributed by atoms with Crippen LogP contribution in [0, 0.1) is 0 Å². The van der Waals surface area contributed by atoms with Crippen LogP contribution < -0.4 is 4.74 Å². The van der Waals surface area contributed by atoms with Crippen LogP contribution in [-0.2, 0) is 17.8 Å². The summed E-state index contributed by atoms with van der Waals surface area (Å²) in [7, 11) is 0. The van der Waals surface area contributed by atoms with Gasteiger partial charge in [-0.05, 0) is 55.0 Å². The fourth-order valence-corrected chi connectivity index (χ4v) is 4.80. The lowest BCUT2D eigenvalue weighted by Crippen LogP contribution is -2.33. The number of hydrogen-bond acceptors (Lipinski definition) is 3. The van der Waals surface area contributed by atoms with Crippen LogP contribution in [0.15, 0.2) is 46.9 Å². The van der Waals surface area contributed by atoms with Gasteiger partial charge >= 0.3 is 0 Å². The van der Waals surface area contributed by atoms with Gasteiger partial charge in [-0.3, -0.25) is 4.79 Å². The average Bonchev–Trinajstić information content (AvgIpc) is 3.36. The van der Waals surface area contributed by atoms with Gasteiger partial charge in [0.2, 0.25) is 0 Å². The number of hydrogen-bond donors (Lipinski definition) is 0. The molecule has 3 aliphatic heterocycles. The van der Waals surface area contributed by atoms with Crippen molar-refractivity contribution in [2.45, 2.75) is 50.5 Å². The zero-order valence-corrected chi connectivity index (χ0v) is 16.7. The van der Waals surface area contributed by atoms with E-state index in [1.165, 1.54) is 0 Å². The number of halogens is 1. The van der Waals surface area contributed by atoms with Gasteiger partial charge in [0.1, 0.15) is 18.0 Å². The maximum Gasteiger partial charge on any atom is 0.258 e. The Balaban J connectivity index is 1.32. The molecule has 27 heavy (non-hydrogen) atoms. The van der Waals surface area contributed by atoms with E-state index in [0.29, 0.717) is 31.5 Å². The molecule has 2 fully saturated rings. The van der Waals surface area contributed by atoms with Gasteiger partial charge in [-0.1, -0.05) is 40.2 Å². The van der Waals surface area contributed by atoms with Gasteiger partial charge in [-0.2, -0.15) is 0 Å². The Bertz CT molecular complexity index is 872. The van der Waals surface area contributed by atoms with Crippen LogP contribution in [0.25, 0.3) is 0 Å². The van der Waals surface area contributed by atoms with Crippen molar-refractivity contribution in [2.24, 2.45) is 0 Å². The predicted octanol–water partition coefficient (Wildman–Crippen LogP) is 4.70.